The summed E-state index contributed by atoms with van der Waals surface area (Å²) >= 11 is 0. The second kappa shape index (κ2) is 4.91. The van der Waals surface area contributed by atoms with E-state index in [2.05, 4.69) is 0 Å². The molecule has 0 aliphatic carbocycles. The van der Waals surface area contributed by atoms with Crippen molar-refractivity contribution in [1.29, 1.82) is 0 Å². The lowest BCUT2D eigenvalue weighted by Gasteiger charge is -2.14. The minimum absolute atomic E-state index is 0.0292. The first-order chi connectivity index (χ1) is 8.58. The van der Waals surface area contributed by atoms with Gasteiger partial charge in [-0.15, -0.1) is 0 Å². The fraction of sp³-hybridized carbons (Fsp3) is 0.231. The number of nitro benzene ring substituents is 1. The van der Waals surface area contributed by atoms with Gasteiger partial charge >= 0.3 is 0 Å². The molecule has 1 aromatic carbocycles. The highest BCUT2D eigenvalue weighted by Gasteiger charge is 2.13. The standard InChI is InChI=1S/C13H14N2O3/c1-10(2)18-13-9-11(15(16)17)5-6-12(13)14-7-3-4-8-14/h3-10H,1-2H3. The molecule has 0 N–H and O–H groups in total. The molecule has 2 aromatic rings. The highest BCUT2D eigenvalue weighted by atomic mass is 16.6. The maximum atomic E-state index is 10.8. The van der Waals surface area contributed by atoms with Crippen molar-refractivity contribution in [3.8, 4) is 11.4 Å². The molecule has 0 saturated heterocycles. The normalized spacial score (nSPS) is 10.6. The third-order valence-corrected chi connectivity index (χ3v) is 2.40. The van der Waals surface area contributed by atoms with E-state index < -0.39 is 4.92 Å². The van der Waals surface area contributed by atoms with E-state index >= 15 is 0 Å². The molecule has 18 heavy (non-hydrogen) atoms. The number of nitro groups is 1. The molecule has 2 rings (SSSR count). The van der Waals surface area contributed by atoms with Crippen molar-refractivity contribution in [2.24, 2.45) is 0 Å². The Morgan fingerprint density at radius 1 is 1.28 bits per heavy atom. The van der Waals surface area contributed by atoms with E-state index in [9.17, 15) is 10.1 Å². The van der Waals surface area contributed by atoms with Gasteiger partial charge in [0.1, 0.15) is 0 Å². The Morgan fingerprint density at radius 2 is 1.94 bits per heavy atom. The highest BCUT2D eigenvalue weighted by molar-refractivity contribution is 5.53. The van der Waals surface area contributed by atoms with Crippen molar-refractivity contribution in [3.05, 3.63) is 52.8 Å². The summed E-state index contributed by atoms with van der Waals surface area (Å²) in [7, 11) is 0. The summed E-state index contributed by atoms with van der Waals surface area (Å²) in [5.41, 5.74) is 0.820. The Labute approximate surface area is 105 Å². The molecule has 0 radical (unpaired) electrons. The van der Waals surface area contributed by atoms with Crippen LogP contribution in [0.3, 0.4) is 0 Å². The van der Waals surface area contributed by atoms with Gasteiger partial charge < -0.3 is 9.30 Å². The molecule has 1 aromatic heterocycles. The number of benzene rings is 1. The zero-order chi connectivity index (χ0) is 13.1. The average Bonchev–Trinajstić information content (AvgIpc) is 2.81. The predicted octanol–water partition coefficient (Wildman–Crippen LogP) is 3.17. The molecule has 0 aliphatic heterocycles. The molecule has 94 valence electrons. The molecular weight excluding hydrogens is 232 g/mol. The van der Waals surface area contributed by atoms with E-state index in [1.807, 2.05) is 42.9 Å². The van der Waals surface area contributed by atoms with Gasteiger partial charge in [0.2, 0.25) is 0 Å². The van der Waals surface area contributed by atoms with Gasteiger partial charge in [-0.2, -0.15) is 0 Å². The summed E-state index contributed by atoms with van der Waals surface area (Å²) in [4.78, 5) is 10.4. The molecular formula is C13H14N2O3. The summed E-state index contributed by atoms with van der Waals surface area (Å²) in [6.07, 6.45) is 3.70. The van der Waals surface area contributed by atoms with Gasteiger partial charge in [0.25, 0.3) is 5.69 Å². The van der Waals surface area contributed by atoms with Gasteiger partial charge in [0, 0.05) is 18.5 Å². The number of hydrogen-bond donors (Lipinski definition) is 0. The van der Waals surface area contributed by atoms with E-state index in [4.69, 9.17) is 4.74 Å². The largest absolute Gasteiger partial charge is 0.489 e. The average molecular weight is 246 g/mol. The maximum Gasteiger partial charge on any atom is 0.273 e. The number of nitrogens with zero attached hydrogens (tertiary/aromatic N) is 2. The monoisotopic (exact) mass is 246 g/mol. The van der Waals surface area contributed by atoms with Crippen LogP contribution in [-0.4, -0.2) is 15.6 Å². The molecule has 0 aliphatic rings. The molecule has 0 atom stereocenters. The SMILES string of the molecule is CC(C)Oc1cc([N+](=O)[O-])ccc1-n1cccc1. The highest BCUT2D eigenvalue weighted by Crippen LogP contribution is 2.28. The second-order valence-corrected chi connectivity index (χ2v) is 4.17. The molecule has 5 nitrogen and oxygen atoms in total. The predicted molar refractivity (Wildman–Crippen MR) is 68.2 cm³/mol. The van der Waals surface area contributed by atoms with Gasteiger partial charge in [-0.05, 0) is 32.0 Å². The molecule has 0 bridgehead atoms. The lowest BCUT2D eigenvalue weighted by molar-refractivity contribution is -0.384. The van der Waals surface area contributed by atoms with Gasteiger partial charge in [-0.3, -0.25) is 10.1 Å². The number of non-ortho nitro benzene ring substituents is 1. The zero-order valence-electron chi connectivity index (χ0n) is 10.2. The van der Waals surface area contributed by atoms with Crippen LogP contribution < -0.4 is 4.74 Å². The lowest BCUT2D eigenvalue weighted by Crippen LogP contribution is -2.08. The summed E-state index contributed by atoms with van der Waals surface area (Å²) in [5.74, 6) is 0.510. The first kappa shape index (κ1) is 12.2. The maximum absolute atomic E-state index is 10.8. The fourth-order valence-corrected chi connectivity index (χ4v) is 1.67. The lowest BCUT2D eigenvalue weighted by atomic mass is 10.2. The van der Waals surface area contributed by atoms with Gasteiger partial charge in [-0.1, -0.05) is 0 Å². The molecule has 0 spiro atoms. The number of hydrogen-bond acceptors (Lipinski definition) is 3. The number of rotatable bonds is 4. The van der Waals surface area contributed by atoms with Crippen molar-refractivity contribution >= 4 is 5.69 Å². The molecule has 5 heteroatoms. The zero-order valence-corrected chi connectivity index (χ0v) is 10.2. The van der Waals surface area contributed by atoms with Crippen LogP contribution in [0.25, 0.3) is 5.69 Å². The Bertz CT molecular complexity index is 547. The van der Waals surface area contributed by atoms with E-state index in [0.717, 1.165) is 5.69 Å². The first-order valence-electron chi connectivity index (χ1n) is 5.66. The topological polar surface area (TPSA) is 57.3 Å². The van der Waals surface area contributed by atoms with E-state index in [-0.39, 0.29) is 11.8 Å². The summed E-state index contributed by atoms with van der Waals surface area (Å²) < 4.78 is 7.50. The van der Waals surface area contributed by atoms with Crippen LogP contribution in [0.4, 0.5) is 5.69 Å². The van der Waals surface area contributed by atoms with E-state index in [1.165, 1.54) is 12.1 Å². The summed E-state index contributed by atoms with van der Waals surface area (Å²) in [6, 6.07) is 8.40. The molecule has 1 heterocycles. The smallest absolute Gasteiger partial charge is 0.273 e. The minimum atomic E-state index is -0.424. The molecule has 0 fully saturated rings. The van der Waals surface area contributed by atoms with E-state index in [1.54, 1.807) is 6.07 Å². The number of aromatic nitrogens is 1. The molecule has 0 saturated carbocycles. The van der Waals surface area contributed by atoms with Crippen molar-refractivity contribution in [3.63, 3.8) is 0 Å². The van der Waals surface area contributed by atoms with Crippen LogP contribution in [0.1, 0.15) is 13.8 Å². The fourth-order valence-electron chi connectivity index (χ4n) is 1.67. The van der Waals surface area contributed by atoms with Crippen LogP contribution >= 0.6 is 0 Å². The van der Waals surface area contributed by atoms with Gasteiger partial charge in [-0.25, -0.2) is 0 Å². The van der Waals surface area contributed by atoms with Crippen LogP contribution in [0.15, 0.2) is 42.7 Å². The summed E-state index contributed by atoms with van der Waals surface area (Å²) in [6.45, 7) is 3.77. The Hall–Kier alpha value is -2.30. The van der Waals surface area contributed by atoms with Gasteiger partial charge in [0.15, 0.2) is 5.75 Å². The minimum Gasteiger partial charge on any atom is -0.489 e. The van der Waals surface area contributed by atoms with Crippen LogP contribution in [0.5, 0.6) is 5.75 Å². The van der Waals surface area contributed by atoms with Gasteiger partial charge in [0.05, 0.1) is 22.8 Å². The van der Waals surface area contributed by atoms with Crippen LogP contribution in [0, 0.1) is 10.1 Å². The Balaban J connectivity index is 2.48. The van der Waals surface area contributed by atoms with Crippen LogP contribution in [0.2, 0.25) is 0 Å². The number of ether oxygens (including phenoxy) is 1. The molecule has 0 amide bonds. The van der Waals surface area contributed by atoms with Crippen molar-refractivity contribution in [1.82, 2.24) is 4.57 Å². The molecule has 0 unspecified atom stereocenters. The third-order valence-electron chi connectivity index (χ3n) is 2.40. The second-order valence-electron chi connectivity index (χ2n) is 4.17. The van der Waals surface area contributed by atoms with Crippen molar-refractivity contribution < 1.29 is 9.66 Å². The Kier molecular flexibility index (Phi) is 3.32. The summed E-state index contributed by atoms with van der Waals surface area (Å²) in [5, 5.41) is 10.8. The van der Waals surface area contributed by atoms with Crippen molar-refractivity contribution in [2.75, 3.05) is 0 Å². The van der Waals surface area contributed by atoms with Crippen LogP contribution in [-0.2, 0) is 0 Å². The van der Waals surface area contributed by atoms with Crippen molar-refractivity contribution in [2.45, 2.75) is 20.0 Å². The first-order valence-corrected chi connectivity index (χ1v) is 5.66. The quantitative estimate of drug-likeness (QED) is 0.615. The third kappa shape index (κ3) is 2.51. The van der Waals surface area contributed by atoms with E-state index in [0.29, 0.717) is 5.75 Å². The Morgan fingerprint density at radius 3 is 2.50 bits per heavy atom.